The molecule has 6 nitrogen and oxygen atoms in total. The van der Waals surface area contributed by atoms with Crippen molar-refractivity contribution in [2.24, 2.45) is 5.41 Å². The van der Waals surface area contributed by atoms with E-state index < -0.39 is 0 Å². The minimum absolute atomic E-state index is 0.103. The molecule has 128 valence electrons. The number of nitrogens with zero attached hydrogens (tertiary/aromatic N) is 3. The van der Waals surface area contributed by atoms with Gasteiger partial charge in [0, 0.05) is 19.0 Å². The molecule has 1 amide bonds. The number of hydrogen-bond donors (Lipinski definition) is 1. The molecule has 2 fully saturated rings. The van der Waals surface area contributed by atoms with Gasteiger partial charge in [0.15, 0.2) is 5.16 Å². The van der Waals surface area contributed by atoms with Crippen LogP contribution >= 0.6 is 11.8 Å². The first-order chi connectivity index (χ1) is 11.1. The summed E-state index contributed by atoms with van der Waals surface area (Å²) in [4.78, 5) is 12.1. The molecule has 1 N–H and O–H groups in total. The maximum Gasteiger partial charge on any atom is 0.230 e. The molecule has 0 atom stereocenters. The minimum atomic E-state index is -0.324. The van der Waals surface area contributed by atoms with E-state index in [2.05, 4.69) is 26.3 Å². The molecule has 7 heteroatoms. The Hall–Kier alpha value is -1.08. The summed E-state index contributed by atoms with van der Waals surface area (Å²) in [5.41, 5.74) is -0.324. The lowest BCUT2D eigenvalue weighted by atomic mass is 9.87. The number of hydrogen-bond acceptors (Lipinski definition) is 5. The van der Waals surface area contributed by atoms with Crippen LogP contribution in [0.5, 0.6) is 0 Å². The predicted molar refractivity (Wildman–Crippen MR) is 89.6 cm³/mol. The van der Waals surface area contributed by atoms with Crippen LogP contribution in [0.2, 0.25) is 0 Å². The van der Waals surface area contributed by atoms with Crippen molar-refractivity contribution in [3.8, 4) is 0 Å². The molecule has 1 saturated carbocycles. The molecule has 2 heterocycles. The first-order valence-corrected chi connectivity index (χ1v) is 9.70. The number of aryl methyl sites for hydroxylation is 1. The van der Waals surface area contributed by atoms with Gasteiger partial charge in [-0.05, 0) is 32.4 Å². The van der Waals surface area contributed by atoms with E-state index in [-0.39, 0.29) is 11.3 Å². The van der Waals surface area contributed by atoms with E-state index in [1.165, 1.54) is 25.7 Å². The second kappa shape index (κ2) is 7.21. The normalized spacial score (nSPS) is 20.4. The molecular formula is C16H26N4O2S. The molecule has 1 saturated heterocycles. The number of ether oxygens (including phenoxy) is 1. The lowest BCUT2D eigenvalue weighted by molar-refractivity contribution is -0.157. The van der Waals surface area contributed by atoms with Crippen molar-refractivity contribution in [2.75, 3.05) is 26.0 Å². The number of aromatic nitrogens is 3. The molecule has 23 heavy (non-hydrogen) atoms. The second-order valence-electron chi connectivity index (χ2n) is 6.82. The standard InChI is InChI=1S/C16H26N4O2S/c1-16(10-22-11-16)14(21)17-9-5-8-13-18-19-15(23-2)20(13)12-6-3-4-7-12/h12H,3-11H2,1-2H3,(H,17,21). The molecule has 0 aromatic carbocycles. The average Bonchev–Trinajstić information content (AvgIpc) is 3.17. The Labute approximate surface area is 141 Å². The van der Waals surface area contributed by atoms with Crippen LogP contribution in [0.25, 0.3) is 0 Å². The molecule has 1 aromatic heterocycles. The fourth-order valence-electron chi connectivity index (χ4n) is 3.35. The van der Waals surface area contributed by atoms with Gasteiger partial charge >= 0.3 is 0 Å². The number of thioether (sulfide) groups is 1. The van der Waals surface area contributed by atoms with Gasteiger partial charge in [-0.3, -0.25) is 4.79 Å². The Kier molecular flexibility index (Phi) is 5.26. The summed E-state index contributed by atoms with van der Waals surface area (Å²) in [6, 6.07) is 0.558. The van der Waals surface area contributed by atoms with Crippen LogP contribution in [0.1, 0.15) is 50.9 Å². The van der Waals surface area contributed by atoms with E-state index in [1.54, 1.807) is 11.8 Å². The summed E-state index contributed by atoms with van der Waals surface area (Å²) in [6.45, 7) is 3.70. The second-order valence-corrected chi connectivity index (χ2v) is 7.60. The van der Waals surface area contributed by atoms with Crippen molar-refractivity contribution in [3.63, 3.8) is 0 Å². The van der Waals surface area contributed by atoms with Gasteiger partial charge in [0.05, 0.1) is 18.6 Å². The van der Waals surface area contributed by atoms with Crippen LogP contribution in [-0.4, -0.2) is 46.7 Å². The summed E-state index contributed by atoms with van der Waals surface area (Å²) in [6.07, 6.45) is 8.86. The number of amides is 1. The monoisotopic (exact) mass is 338 g/mol. The maximum atomic E-state index is 12.1. The van der Waals surface area contributed by atoms with E-state index in [9.17, 15) is 4.79 Å². The van der Waals surface area contributed by atoms with Gasteiger partial charge < -0.3 is 14.6 Å². The number of rotatable bonds is 7. The Balaban J connectivity index is 1.52. The van der Waals surface area contributed by atoms with Crippen molar-refractivity contribution >= 4 is 17.7 Å². The molecule has 2 aliphatic rings. The Bertz CT molecular complexity index is 550. The summed E-state index contributed by atoms with van der Waals surface area (Å²) in [5, 5.41) is 12.8. The molecule has 3 rings (SSSR count). The zero-order chi connectivity index (χ0) is 16.3. The SMILES string of the molecule is CSc1nnc(CCCNC(=O)C2(C)COC2)n1C1CCCC1. The van der Waals surface area contributed by atoms with Gasteiger partial charge in [-0.15, -0.1) is 10.2 Å². The Morgan fingerprint density at radius 1 is 1.39 bits per heavy atom. The smallest absolute Gasteiger partial charge is 0.230 e. The van der Waals surface area contributed by atoms with Gasteiger partial charge in [-0.25, -0.2) is 0 Å². The van der Waals surface area contributed by atoms with E-state index in [0.717, 1.165) is 23.8 Å². The molecule has 0 unspecified atom stereocenters. The lowest BCUT2D eigenvalue weighted by Crippen LogP contribution is -2.52. The zero-order valence-corrected chi connectivity index (χ0v) is 14.8. The largest absolute Gasteiger partial charge is 0.379 e. The highest BCUT2D eigenvalue weighted by Gasteiger charge is 2.40. The first-order valence-electron chi connectivity index (χ1n) is 8.48. The van der Waals surface area contributed by atoms with Crippen LogP contribution in [0.4, 0.5) is 0 Å². The molecule has 0 spiro atoms. The van der Waals surface area contributed by atoms with Crippen molar-refractivity contribution in [1.82, 2.24) is 20.1 Å². The topological polar surface area (TPSA) is 69.0 Å². The van der Waals surface area contributed by atoms with Crippen molar-refractivity contribution in [2.45, 2.75) is 56.6 Å². The van der Waals surface area contributed by atoms with Crippen molar-refractivity contribution in [1.29, 1.82) is 0 Å². The average molecular weight is 338 g/mol. The highest BCUT2D eigenvalue weighted by molar-refractivity contribution is 7.98. The molecule has 0 radical (unpaired) electrons. The zero-order valence-electron chi connectivity index (χ0n) is 14.0. The Morgan fingerprint density at radius 3 is 2.74 bits per heavy atom. The van der Waals surface area contributed by atoms with Crippen molar-refractivity contribution < 1.29 is 9.53 Å². The molecule has 0 bridgehead atoms. The molecule has 1 aliphatic carbocycles. The van der Waals surface area contributed by atoms with E-state index in [4.69, 9.17) is 4.74 Å². The van der Waals surface area contributed by atoms with Crippen LogP contribution < -0.4 is 5.32 Å². The van der Waals surface area contributed by atoms with Crippen LogP contribution in [0.3, 0.4) is 0 Å². The van der Waals surface area contributed by atoms with E-state index >= 15 is 0 Å². The van der Waals surface area contributed by atoms with Gasteiger partial charge in [-0.2, -0.15) is 0 Å². The first kappa shape index (κ1) is 16.8. The van der Waals surface area contributed by atoms with Gasteiger partial charge in [0.25, 0.3) is 0 Å². The molecule has 1 aliphatic heterocycles. The maximum absolute atomic E-state index is 12.1. The third kappa shape index (κ3) is 3.55. The summed E-state index contributed by atoms with van der Waals surface area (Å²) in [5.74, 6) is 1.17. The Morgan fingerprint density at radius 2 is 2.13 bits per heavy atom. The fraction of sp³-hybridized carbons (Fsp3) is 0.812. The highest BCUT2D eigenvalue weighted by Crippen LogP contribution is 2.33. The van der Waals surface area contributed by atoms with Crippen LogP contribution in [0, 0.1) is 5.41 Å². The third-order valence-electron chi connectivity index (χ3n) is 4.86. The third-order valence-corrected chi connectivity index (χ3v) is 5.50. The molecule has 1 aromatic rings. The number of carbonyl (C=O) groups excluding carboxylic acids is 1. The number of nitrogens with one attached hydrogen (secondary N) is 1. The van der Waals surface area contributed by atoms with Crippen LogP contribution in [-0.2, 0) is 16.0 Å². The molecular weight excluding hydrogens is 312 g/mol. The summed E-state index contributed by atoms with van der Waals surface area (Å²) >= 11 is 1.67. The summed E-state index contributed by atoms with van der Waals surface area (Å²) < 4.78 is 7.47. The predicted octanol–water partition coefficient (Wildman–Crippen LogP) is 2.20. The van der Waals surface area contributed by atoms with Gasteiger partial charge in [0.2, 0.25) is 5.91 Å². The number of carbonyl (C=O) groups is 1. The quantitative estimate of drug-likeness (QED) is 0.610. The van der Waals surface area contributed by atoms with E-state index in [0.29, 0.717) is 25.8 Å². The van der Waals surface area contributed by atoms with E-state index in [1.807, 2.05) is 6.92 Å². The summed E-state index contributed by atoms with van der Waals surface area (Å²) in [7, 11) is 0. The van der Waals surface area contributed by atoms with Gasteiger partial charge in [0.1, 0.15) is 5.82 Å². The lowest BCUT2D eigenvalue weighted by Gasteiger charge is -2.36. The van der Waals surface area contributed by atoms with Gasteiger partial charge in [-0.1, -0.05) is 24.6 Å². The fourth-order valence-corrected chi connectivity index (χ4v) is 3.92. The van der Waals surface area contributed by atoms with Crippen LogP contribution in [0.15, 0.2) is 5.16 Å². The van der Waals surface area contributed by atoms with Crippen molar-refractivity contribution in [3.05, 3.63) is 5.82 Å². The highest BCUT2D eigenvalue weighted by atomic mass is 32.2. The minimum Gasteiger partial charge on any atom is -0.379 e.